The third-order valence-electron chi connectivity index (χ3n) is 3.45. The molecule has 0 unspecified atom stereocenters. The minimum Gasteiger partial charge on any atom is -0.303 e. The van der Waals surface area contributed by atoms with Crippen LogP contribution in [0.2, 0.25) is 0 Å². The Morgan fingerprint density at radius 2 is 1.95 bits per heavy atom. The molecule has 0 saturated carbocycles. The monoisotopic (exact) mass is 276 g/mol. The first-order valence-corrected chi connectivity index (χ1v) is 6.88. The van der Waals surface area contributed by atoms with E-state index in [1.165, 1.54) is 0 Å². The van der Waals surface area contributed by atoms with E-state index in [0.717, 1.165) is 22.5 Å². The molecular weight excluding hydrogens is 260 g/mol. The summed E-state index contributed by atoms with van der Waals surface area (Å²) in [6, 6.07) is 15.5. The molecule has 0 atom stereocenters. The number of carbonyl (C=O) groups excluding carboxylic acids is 1. The summed E-state index contributed by atoms with van der Waals surface area (Å²) in [5, 5.41) is 0. The Balaban J connectivity index is 2.14. The molecule has 1 aliphatic heterocycles. The first-order valence-electron chi connectivity index (χ1n) is 6.88. The van der Waals surface area contributed by atoms with Gasteiger partial charge in [-0.2, -0.15) is 0 Å². The van der Waals surface area contributed by atoms with Crippen LogP contribution in [0.15, 0.2) is 66.2 Å². The van der Waals surface area contributed by atoms with Crippen LogP contribution in [0, 0.1) is 6.92 Å². The van der Waals surface area contributed by atoms with E-state index in [4.69, 9.17) is 0 Å². The fraction of sp³-hybridized carbons (Fsp3) is 0.111. The predicted octanol–water partition coefficient (Wildman–Crippen LogP) is 3.65. The van der Waals surface area contributed by atoms with Gasteiger partial charge in [0.05, 0.1) is 11.4 Å². The number of benzene rings is 2. The summed E-state index contributed by atoms with van der Waals surface area (Å²) in [6.07, 6.45) is 1.73. The van der Waals surface area contributed by atoms with Crippen molar-refractivity contribution in [2.24, 2.45) is 4.99 Å². The summed E-state index contributed by atoms with van der Waals surface area (Å²) < 4.78 is 0. The molecular formula is C18H16N2O. The maximum atomic E-state index is 12.6. The third-order valence-corrected chi connectivity index (χ3v) is 3.45. The van der Waals surface area contributed by atoms with Crippen molar-refractivity contribution in [2.45, 2.75) is 6.92 Å². The van der Waals surface area contributed by atoms with Gasteiger partial charge in [0.25, 0.3) is 5.91 Å². The van der Waals surface area contributed by atoms with E-state index in [1.54, 1.807) is 11.0 Å². The lowest BCUT2D eigenvalue weighted by atomic mass is 10.1. The van der Waals surface area contributed by atoms with Gasteiger partial charge in [-0.05, 0) is 31.2 Å². The Morgan fingerprint density at radius 3 is 2.67 bits per heavy atom. The molecule has 3 heteroatoms. The molecule has 1 aliphatic rings. The third kappa shape index (κ3) is 2.38. The maximum absolute atomic E-state index is 12.6. The standard InChI is InChI=1S/C18H16N2O/c1-3-11-20-16-10-9-13(2)12-15(16)17(18(20)21)19-14-7-5-4-6-8-14/h3-10,12H,1,11H2,2H3. The van der Waals surface area contributed by atoms with Crippen LogP contribution < -0.4 is 4.90 Å². The Bertz CT molecular complexity index is 732. The van der Waals surface area contributed by atoms with Gasteiger partial charge in [-0.3, -0.25) is 4.79 Å². The number of hydrogen-bond donors (Lipinski definition) is 0. The largest absolute Gasteiger partial charge is 0.303 e. The molecule has 1 heterocycles. The van der Waals surface area contributed by atoms with Crippen LogP contribution in [-0.2, 0) is 4.79 Å². The second-order valence-electron chi connectivity index (χ2n) is 5.02. The van der Waals surface area contributed by atoms with E-state index < -0.39 is 0 Å². The van der Waals surface area contributed by atoms with E-state index >= 15 is 0 Å². The van der Waals surface area contributed by atoms with Crippen LogP contribution >= 0.6 is 0 Å². The fourth-order valence-corrected chi connectivity index (χ4v) is 2.48. The zero-order valence-electron chi connectivity index (χ0n) is 11.9. The highest BCUT2D eigenvalue weighted by Gasteiger charge is 2.33. The summed E-state index contributed by atoms with van der Waals surface area (Å²) in [5.41, 5.74) is 4.20. The zero-order chi connectivity index (χ0) is 14.8. The number of fused-ring (bicyclic) bond motifs is 1. The molecule has 0 radical (unpaired) electrons. The highest BCUT2D eigenvalue weighted by molar-refractivity contribution is 6.54. The molecule has 0 N–H and O–H groups in total. The van der Waals surface area contributed by atoms with Gasteiger partial charge in [0.1, 0.15) is 5.71 Å². The highest BCUT2D eigenvalue weighted by Crippen LogP contribution is 2.31. The molecule has 104 valence electrons. The van der Waals surface area contributed by atoms with Gasteiger partial charge in [0.2, 0.25) is 0 Å². The lowest BCUT2D eigenvalue weighted by molar-refractivity contribution is -0.112. The number of rotatable bonds is 3. The molecule has 0 bridgehead atoms. The number of anilines is 1. The van der Waals surface area contributed by atoms with E-state index in [-0.39, 0.29) is 5.91 Å². The Labute approximate surface area is 124 Å². The summed E-state index contributed by atoms with van der Waals surface area (Å²) in [6.45, 7) is 6.23. The summed E-state index contributed by atoms with van der Waals surface area (Å²) in [7, 11) is 0. The van der Waals surface area contributed by atoms with Gasteiger partial charge in [-0.1, -0.05) is 35.9 Å². The topological polar surface area (TPSA) is 32.7 Å². The van der Waals surface area contributed by atoms with Crippen molar-refractivity contribution in [1.29, 1.82) is 0 Å². The quantitative estimate of drug-likeness (QED) is 0.788. The lowest BCUT2D eigenvalue weighted by Crippen LogP contribution is -2.30. The predicted molar refractivity (Wildman–Crippen MR) is 86.4 cm³/mol. The van der Waals surface area contributed by atoms with E-state index in [0.29, 0.717) is 12.3 Å². The van der Waals surface area contributed by atoms with Crippen molar-refractivity contribution >= 4 is 23.0 Å². The van der Waals surface area contributed by atoms with Crippen LogP contribution in [0.3, 0.4) is 0 Å². The van der Waals surface area contributed by atoms with Crippen LogP contribution in [0.5, 0.6) is 0 Å². The fourth-order valence-electron chi connectivity index (χ4n) is 2.48. The highest BCUT2D eigenvalue weighted by atomic mass is 16.2. The minimum atomic E-state index is -0.0700. The van der Waals surface area contributed by atoms with Crippen molar-refractivity contribution in [2.75, 3.05) is 11.4 Å². The van der Waals surface area contributed by atoms with Gasteiger partial charge < -0.3 is 4.90 Å². The second-order valence-corrected chi connectivity index (χ2v) is 5.02. The van der Waals surface area contributed by atoms with Crippen molar-refractivity contribution in [3.63, 3.8) is 0 Å². The zero-order valence-corrected chi connectivity index (χ0v) is 11.9. The summed E-state index contributed by atoms with van der Waals surface area (Å²) >= 11 is 0. The molecule has 3 rings (SSSR count). The number of nitrogens with zero attached hydrogens (tertiary/aromatic N) is 2. The van der Waals surface area contributed by atoms with Crippen LogP contribution in [0.25, 0.3) is 0 Å². The molecule has 21 heavy (non-hydrogen) atoms. The average Bonchev–Trinajstić information content (AvgIpc) is 2.74. The number of aliphatic imine (C=N–C) groups is 1. The maximum Gasteiger partial charge on any atom is 0.277 e. The van der Waals surface area contributed by atoms with Crippen LogP contribution in [0.1, 0.15) is 11.1 Å². The minimum absolute atomic E-state index is 0.0700. The Morgan fingerprint density at radius 1 is 1.19 bits per heavy atom. The van der Waals surface area contributed by atoms with Crippen molar-refractivity contribution in [3.8, 4) is 0 Å². The summed E-state index contributed by atoms with van der Waals surface area (Å²) in [4.78, 5) is 18.9. The molecule has 0 spiro atoms. The van der Waals surface area contributed by atoms with E-state index in [2.05, 4.69) is 11.6 Å². The Kier molecular flexibility index (Phi) is 3.40. The molecule has 3 nitrogen and oxygen atoms in total. The number of amides is 1. The lowest BCUT2D eigenvalue weighted by Gasteiger charge is -2.13. The van der Waals surface area contributed by atoms with Crippen LogP contribution in [-0.4, -0.2) is 18.2 Å². The summed E-state index contributed by atoms with van der Waals surface area (Å²) in [5.74, 6) is -0.0700. The molecule has 0 aliphatic carbocycles. The molecule has 0 saturated heterocycles. The van der Waals surface area contributed by atoms with Gasteiger partial charge in [0.15, 0.2) is 0 Å². The van der Waals surface area contributed by atoms with Crippen molar-refractivity contribution in [3.05, 3.63) is 72.3 Å². The molecule has 0 aromatic heterocycles. The van der Waals surface area contributed by atoms with Crippen molar-refractivity contribution in [1.82, 2.24) is 0 Å². The number of aryl methyl sites for hydroxylation is 1. The van der Waals surface area contributed by atoms with E-state index in [1.807, 2.05) is 55.5 Å². The van der Waals surface area contributed by atoms with Crippen LogP contribution in [0.4, 0.5) is 11.4 Å². The molecule has 2 aromatic carbocycles. The van der Waals surface area contributed by atoms with Gasteiger partial charge in [-0.15, -0.1) is 6.58 Å². The first-order chi connectivity index (χ1) is 10.2. The smallest absolute Gasteiger partial charge is 0.277 e. The molecule has 1 amide bonds. The number of hydrogen-bond acceptors (Lipinski definition) is 2. The van der Waals surface area contributed by atoms with Gasteiger partial charge in [-0.25, -0.2) is 4.99 Å². The SMILES string of the molecule is C=CCN1C(=O)C(=Nc2ccccc2)c2cc(C)ccc21. The Hall–Kier alpha value is -2.68. The number of para-hydroxylation sites is 1. The van der Waals surface area contributed by atoms with Gasteiger partial charge in [0, 0.05) is 12.1 Å². The average molecular weight is 276 g/mol. The molecule has 0 fully saturated rings. The second kappa shape index (κ2) is 5.37. The normalized spacial score (nSPS) is 15.4. The van der Waals surface area contributed by atoms with Gasteiger partial charge >= 0.3 is 0 Å². The molecule has 2 aromatic rings. The van der Waals surface area contributed by atoms with Crippen molar-refractivity contribution < 1.29 is 4.79 Å². The number of carbonyl (C=O) groups is 1. The first kappa shape index (κ1) is 13.3. The van der Waals surface area contributed by atoms with E-state index in [9.17, 15) is 4.79 Å².